The maximum Gasteiger partial charge on any atom is 0.573 e. The lowest BCUT2D eigenvalue weighted by Crippen LogP contribution is -2.28. The Kier molecular flexibility index (Phi) is 4.53. The molecule has 1 aromatic carbocycles. The highest BCUT2D eigenvalue weighted by atomic mass is 19.4. The molecule has 0 spiro atoms. The number of hydrogen-bond acceptors (Lipinski definition) is 3. The lowest BCUT2D eigenvalue weighted by atomic mass is 10.0. The van der Waals surface area contributed by atoms with Crippen LogP contribution in [0.3, 0.4) is 0 Å². The van der Waals surface area contributed by atoms with E-state index in [9.17, 15) is 13.2 Å². The largest absolute Gasteiger partial charge is 0.573 e. The van der Waals surface area contributed by atoms with Crippen LogP contribution in [0.2, 0.25) is 0 Å². The van der Waals surface area contributed by atoms with Crippen LogP contribution in [-0.2, 0) is 0 Å². The van der Waals surface area contributed by atoms with Crippen molar-refractivity contribution in [2.24, 2.45) is 5.84 Å². The summed E-state index contributed by atoms with van der Waals surface area (Å²) in [5, 5.41) is 0. The van der Waals surface area contributed by atoms with Gasteiger partial charge in [-0.1, -0.05) is 24.3 Å². The molecule has 0 aliphatic rings. The number of hydrogen-bond donors (Lipinski definition) is 2. The lowest BCUT2D eigenvalue weighted by Gasteiger charge is -2.19. The van der Waals surface area contributed by atoms with Gasteiger partial charge in [0.15, 0.2) is 0 Å². The van der Waals surface area contributed by atoms with Gasteiger partial charge in [0.2, 0.25) is 0 Å². The van der Waals surface area contributed by atoms with Crippen molar-refractivity contribution in [3.63, 3.8) is 0 Å². The van der Waals surface area contributed by atoms with Gasteiger partial charge in [-0.05, 0) is 12.5 Å². The number of hydrazine groups is 1. The van der Waals surface area contributed by atoms with Crippen molar-refractivity contribution in [3.8, 4) is 5.75 Å². The molecule has 0 heterocycles. The molecule has 0 aliphatic carbocycles. The molecule has 1 atom stereocenters. The van der Waals surface area contributed by atoms with E-state index in [1.165, 1.54) is 18.2 Å². The summed E-state index contributed by atoms with van der Waals surface area (Å²) in [5.74, 6) is 5.03. The molecule has 1 unspecified atom stereocenters. The molecule has 0 aromatic heterocycles. The predicted octanol–water partition coefficient (Wildman–Crippen LogP) is 2.67. The summed E-state index contributed by atoms with van der Waals surface area (Å²) in [4.78, 5) is 0. The van der Waals surface area contributed by atoms with Crippen LogP contribution in [0.4, 0.5) is 13.2 Å². The summed E-state index contributed by atoms with van der Waals surface area (Å²) < 4.78 is 40.5. The van der Waals surface area contributed by atoms with Gasteiger partial charge in [0.05, 0.1) is 6.04 Å². The zero-order valence-electron chi connectivity index (χ0n) is 9.00. The summed E-state index contributed by atoms with van der Waals surface area (Å²) >= 11 is 0. The quantitative estimate of drug-likeness (QED) is 0.477. The monoisotopic (exact) mass is 246 g/mol. The molecule has 0 aliphatic heterocycles. The Bertz CT molecular complexity index is 379. The number of nitrogens with two attached hydrogens (primary N) is 1. The van der Waals surface area contributed by atoms with E-state index in [4.69, 9.17) is 5.84 Å². The minimum Gasteiger partial charge on any atom is -0.405 e. The van der Waals surface area contributed by atoms with Gasteiger partial charge in [0.1, 0.15) is 5.75 Å². The Morgan fingerprint density at radius 2 is 2.06 bits per heavy atom. The third-order valence-electron chi connectivity index (χ3n) is 2.12. The van der Waals surface area contributed by atoms with Crippen LogP contribution < -0.4 is 16.0 Å². The van der Waals surface area contributed by atoms with Gasteiger partial charge in [-0.2, -0.15) is 0 Å². The van der Waals surface area contributed by atoms with E-state index in [-0.39, 0.29) is 5.75 Å². The van der Waals surface area contributed by atoms with E-state index in [0.717, 1.165) is 0 Å². The normalized spacial score (nSPS) is 13.2. The first-order valence-corrected chi connectivity index (χ1v) is 4.89. The van der Waals surface area contributed by atoms with E-state index >= 15 is 0 Å². The van der Waals surface area contributed by atoms with Gasteiger partial charge in [-0.15, -0.1) is 19.8 Å². The lowest BCUT2D eigenvalue weighted by molar-refractivity contribution is -0.275. The summed E-state index contributed by atoms with van der Waals surface area (Å²) in [6.07, 6.45) is -2.76. The summed E-state index contributed by atoms with van der Waals surface area (Å²) in [7, 11) is 0. The topological polar surface area (TPSA) is 47.3 Å². The van der Waals surface area contributed by atoms with Crippen molar-refractivity contribution in [1.29, 1.82) is 0 Å². The number of halogens is 3. The van der Waals surface area contributed by atoms with Gasteiger partial charge < -0.3 is 4.74 Å². The van der Waals surface area contributed by atoms with Gasteiger partial charge in [0.25, 0.3) is 0 Å². The average Bonchev–Trinajstić information content (AvgIpc) is 2.25. The van der Waals surface area contributed by atoms with E-state index in [1.807, 2.05) is 0 Å². The standard InChI is InChI=1S/C11H13F3N2O/c1-2-5-9(16-15)8-6-3-4-7-10(8)17-11(12,13)14/h2-4,6-7,9,16H,1,5,15H2. The zero-order chi connectivity index (χ0) is 12.9. The number of ether oxygens (including phenoxy) is 1. The number of benzene rings is 1. The van der Waals surface area contributed by atoms with E-state index in [1.54, 1.807) is 12.1 Å². The molecule has 0 bridgehead atoms. The first kappa shape index (κ1) is 13.5. The van der Waals surface area contributed by atoms with Crippen LogP contribution >= 0.6 is 0 Å². The molecule has 6 heteroatoms. The van der Waals surface area contributed by atoms with E-state index in [2.05, 4.69) is 16.7 Å². The Morgan fingerprint density at radius 3 is 2.59 bits per heavy atom. The minimum absolute atomic E-state index is 0.259. The minimum atomic E-state index is -4.72. The summed E-state index contributed by atoms with van der Waals surface area (Å²) in [6, 6.07) is 5.38. The molecule has 1 aromatic rings. The van der Waals surface area contributed by atoms with Crippen LogP contribution in [-0.4, -0.2) is 6.36 Å². The highest BCUT2D eigenvalue weighted by Gasteiger charge is 2.32. The molecule has 17 heavy (non-hydrogen) atoms. The fourth-order valence-corrected chi connectivity index (χ4v) is 1.44. The molecule has 3 nitrogen and oxygen atoms in total. The van der Waals surface area contributed by atoms with Crippen LogP contribution in [0.1, 0.15) is 18.0 Å². The third kappa shape index (κ3) is 4.08. The van der Waals surface area contributed by atoms with Crippen molar-refractivity contribution in [2.45, 2.75) is 18.8 Å². The first-order chi connectivity index (χ1) is 7.98. The van der Waals surface area contributed by atoms with Crippen LogP contribution in [0, 0.1) is 0 Å². The fourth-order valence-electron chi connectivity index (χ4n) is 1.44. The van der Waals surface area contributed by atoms with Crippen LogP contribution in [0.25, 0.3) is 0 Å². The Morgan fingerprint density at radius 1 is 1.41 bits per heavy atom. The maximum atomic E-state index is 12.2. The van der Waals surface area contributed by atoms with Crippen molar-refractivity contribution in [2.75, 3.05) is 0 Å². The molecular weight excluding hydrogens is 233 g/mol. The first-order valence-electron chi connectivity index (χ1n) is 4.89. The third-order valence-corrected chi connectivity index (χ3v) is 2.12. The van der Waals surface area contributed by atoms with Crippen molar-refractivity contribution < 1.29 is 17.9 Å². The molecule has 0 amide bonds. The van der Waals surface area contributed by atoms with Crippen LogP contribution in [0.5, 0.6) is 5.75 Å². The molecule has 3 N–H and O–H groups in total. The highest BCUT2D eigenvalue weighted by molar-refractivity contribution is 5.36. The van der Waals surface area contributed by atoms with Gasteiger partial charge >= 0.3 is 6.36 Å². The van der Waals surface area contributed by atoms with Gasteiger partial charge in [0, 0.05) is 5.56 Å². The Hall–Kier alpha value is -1.53. The van der Waals surface area contributed by atoms with Gasteiger partial charge in [-0.3, -0.25) is 11.3 Å². The average molecular weight is 246 g/mol. The van der Waals surface area contributed by atoms with Crippen LogP contribution in [0.15, 0.2) is 36.9 Å². The number of alkyl halides is 3. The molecule has 94 valence electrons. The zero-order valence-corrected chi connectivity index (χ0v) is 9.00. The smallest absolute Gasteiger partial charge is 0.405 e. The van der Waals surface area contributed by atoms with Gasteiger partial charge in [-0.25, -0.2) is 0 Å². The highest BCUT2D eigenvalue weighted by Crippen LogP contribution is 2.31. The number of nitrogens with one attached hydrogen (secondary N) is 1. The number of rotatable bonds is 5. The molecule has 0 radical (unpaired) electrons. The predicted molar refractivity (Wildman–Crippen MR) is 58.0 cm³/mol. The van der Waals surface area contributed by atoms with E-state index < -0.39 is 12.4 Å². The van der Waals surface area contributed by atoms with Crippen molar-refractivity contribution >= 4 is 0 Å². The molecule has 0 fully saturated rings. The summed E-state index contributed by atoms with van der Waals surface area (Å²) in [6.45, 7) is 3.52. The van der Waals surface area contributed by atoms with E-state index in [0.29, 0.717) is 12.0 Å². The summed E-state index contributed by atoms with van der Waals surface area (Å²) in [5.41, 5.74) is 2.77. The van der Waals surface area contributed by atoms with Crippen molar-refractivity contribution in [1.82, 2.24) is 5.43 Å². The molecule has 0 saturated heterocycles. The fraction of sp³-hybridized carbons (Fsp3) is 0.273. The Labute approximate surface area is 97.0 Å². The maximum absolute atomic E-state index is 12.2. The second-order valence-electron chi connectivity index (χ2n) is 3.33. The molecular formula is C11H13F3N2O. The Balaban J connectivity index is 3.01. The SMILES string of the molecule is C=CCC(NN)c1ccccc1OC(F)(F)F. The number of para-hydroxylation sites is 1. The molecule has 1 rings (SSSR count). The second kappa shape index (κ2) is 5.70. The van der Waals surface area contributed by atoms with Crippen molar-refractivity contribution in [3.05, 3.63) is 42.5 Å². The molecule has 0 saturated carbocycles. The second-order valence-corrected chi connectivity index (χ2v) is 3.33.